The summed E-state index contributed by atoms with van der Waals surface area (Å²) < 4.78 is 11.0. The van der Waals surface area contributed by atoms with Gasteiger partial charge in [0.25, 0.3) is 11.8 Å². The third kappa shape index (κ3) is 6.58. The van der Waals surface area contributed by atoms with E-state index in [4.69, 9.17) is 15.2 Å². The number of nitrogens with two attached hydrogens (primary N) is 1. The first kappa shape index (κ1) is 20.0. The summed E-state index contributed by atoms with van der Waals surface area (Å²) >= 11 is 0. The Balaban J connectivity index is 2.70. The van der Waals surface area contributed by atoms with Crippen LogP contribution in [0, 0.1) is 0 Å². The molecule has 6 nitrogen and oxygen atoms in total. The molecule has 1 atom stereocenters. The smallest absolute Gasteiger partial charge is 0.256 e. The molecule has 1 aromatic carbocycles. The number of anilines is 1. The summed E-state index contributed by atoms with van der Waals surface area (Å²) in [6, 6.07) is 6.78. The minimum atomic E-state index is -0.840. The first-order valence-corrected chi connectivity index (χ1v) is 8.38. The van der Waals surface area contributed by atoms with Gasteiger partial charge in [0.05, 0.1) is 0 Å². The van der Waals surface area contributed by atoms with E-state index in [-0.39, 0.29) is 12.5 Å². The monoisotopic (exact) mass is 336 g/mol. The number of nitrogens with one attached hydrogen (secondary N) is 1. The second-order valence-corrected chi connectivity index (χ2v) is 5.92. The Bertz CT molecular complexity index is 520. The summed E-state index contributed by atoms with van der Waals surface area (Å²) in [6.07, 6.45) is 3.47. The molecule has 0 heterocycles. The summed E-state index contributed by atoms with van der Waals surface area (Å²) in [6.45, 7) is 6.31. The van der Waals surface area contributed by atoms with Crippen molar-refractivity contribution in [2.45, 2.75) is 52.1 Å². The summed E-state index contributed by atoms with van der Waals surface area (Å²) in [5.41, 5.74) is 4.84. The number of ether oxygens (including phenoxy) is 2. The Morgan fingerprint density at radius 3 is 2.38 bits per heavy atom. The van der Waals surface area contributed by atoms with E-state index in [1.165, 1.54) is 0 Å². The van der Waals surface area contributed by atoms with Crippen LogP contribution in [0.25, 0.3) is 0 Å². The maximum Gasteiger partial charge on any atom is 0.256 e. The highest BCUT2D eigenvalue weighted by atomic mass is 16.5. The largest absolute Gasteiger partial charge is 0.484 e. The predicted octanol–water partition coefficient (Wildman–Crippen LogP) is 2.86. The van der Waals surface area contributed by atoms with Crippen LogP contribution in [0.3, 0.4) is 0 Å². The molecule has 0 aliphatic rings. The van der Waals surface area contributed by atoms with Crippen LogP contribution in [0.4, 0.5) is 5.69 Å². The molecule has 0 aliphatic heterocycles. The van der Waals surface area contributed by atoms with Gasteiger partial charge in [-0.1, -0.05) is 26.7 Å². The van der Waals surface area contributed by atoms with Gasteiger partial charge in [-0.05, 0) is 44.0 Å². The molecule has 0 aliphatic carbocycles. The number of primary amides is 1. The van der Waals surface area contributed by atoms with Crippen LogP contribution in [-0.4, -0.2) is 30.6 Å². The molecule has 3 N–H and O–H groups in total. The highest BCUT2D eigenvalue weighted by molar-refractivity contribution is 5.97. The third-order valence-electron chi connectivity index (χ3n) is 3.61. The summed E-state index contributed by atoms with van der Waals surface area (Å²) in [5, 5.41) is 2.88. The van der Waals surface area contributed by atoms with Gasteiger partial charge in [0.15, 0.2) is 6.61 Å². The lowest BCUT2D eigenvalue weighted by Crippen LogP contribution is -2.43. The molecule has 6 heteroatoms. The van der Waals surface area contributed by atoms with Crippen molar-refractivity contribution in [1.82, 2.24) is 0 Å². The van der Waals surface area contributed by atoms with Crippen LogP contribution in [-0.2, 0) is 14.3 Å². The SMILES string of the molecule is CCCCC(C)(OCCC)C(=O)Nc1ccc(OCC(N)=O)cc1. The van der Waals surface area contributed by atoms with Crippen LogP contribution in [0.1, 0.15) is 46.5 Å². The first-order chi connectivity index (χ1) is 11.4. The second-order valence-electron chi connectivity index (χ2n) is 5.92. The summed E-state index contributed by atoms with van der Waals surface area (Å²) in [5.74, 6) is -0.176. The van der Waals surface area contributed by atoms with Crippen molar-refractivity contribution in [3.05, 3.63) is 24.3 Å². The Morgan fingerprint density at radius 1 is 1.17 bits per heavy atom. The molecular weight excluding hydrogens is 308 g/mol. The van der Waals surface area contributed by atoms with Gasteiger partial charge < -0.3 is 20.5 Å². The average Bonchev–Trinajstić information content (AvgIpc) is 2.57. The first-order valence-electron chi connectivity index (χ1n) is 8.38. The number of carbonyl (C=O) groups excluding carboxylic acids is 2. The molecule has 1 unspecified atom stereocenters. The second kappa shape index (κ2) is 9.93. The van der Waals surface area contributed by atoms with Crippen molar-refractivity contribution in [3.8, 4) is 5.75 Å². The zero-order chi connectivity index (χ0) is 18.0. The van der Waals surface area contributed by atoms with Crippen LogP contribution < -0.4 is 15.8 Å². The molecule has 0 saturated heterocycles. The molecule has 134 valence electrons. The Kier molecular flexibility index (Phi) is 8.26. The van der Waals surface area contributed by atoms with Crippen molar-refractivity contribution in [2.75, 3.05) is 18.5 Å². The van der Waals surface area contributed by atoms with E-state index >= 15 is 0 Å². The van der Waals surface area contributed by atoms with E-state index < -0.39 is 11.5 Å². The third-order valence-corrected chi connectivity index (χ3v) is 3.61. The van der Waals surface area contributed by atoms with Crippen molar-refractivity contribution >= 4 is 17.5 Å². The fourth-order valence-electron chi connectivity index (χ4n) is 2.14. The molecule has 0 saturated carbocycles. The zero-order valence-corrected chi connectivity index (χ0v) is 14.8. The molecule has 0 bridgehead atoms. The molecule has 0 aromatic heterocycles. The van der Waals surface area contributed by atoms with E-state index in [2.05, 4.69) is 12.2 Å². The Morgan fingerprint density at radius 2 is 1.83 bits per heavy atom. The minimum absolute atomic E-state index is 0.157. The van der Waals surface area contributed by atoms with Crippen molar-refractivity contribution in [2.24, 2.45) is 5.73 Å². The lowest BCUT2D eigenvalue weighted by molar-refractivity contribution is -0.140. The van der Waals surface area contributed by atoms with Gasteiger partial charge in [0, 0.05) is 12.3 Å². The molecule has 24 heavy (non-hydrogen) atoms. The van der Waals surface area contributed by atoms with Crippen molar-refractivity contribution < 1.29 is 19.1 Å². The molecule has 0 fully saturated rings. The molecule has 1 aromatic rings. The average molecular weight is 336 g/mol. The number of hydrogen-bond donors (Lipinski definition) is 2. The maximum absolute atomic E-state index is 12.6. The van der Waals surface area contributed by atoms with E-state index in [1.807, 2.05) is 13.8 Å². The number of rotatable bonds is 11. The highest BCUT2D eigenvalue weighted by Crippen LogP contribution is 2.23. The minimum Gasteiger partial charge on any atom is -0.484 e. The van der Waals surface area contributed by atoms with E-state index in [1.54, 1.807) is 24.3 Å². The molecule has 1 rings (SSSR count). The molecular formula is C18H28N2O4. The number of benzene rings is 1. The van der Waals surface area contributed by atoms with Gasteiger partial charge in [0.2, 0.25) is 0 Å². The van der Waals surface area contributed by atoms with Crippen LogP contribution in [0.5, 0.6) is 5.75 Å². The lowest BCUT2D eigenvalue weighted by Gasteiger charge is -2.28. The summed E-state index contributed by atoms with van der Waals surface area (Å²) in [4.78, 5) is 23.3. The van der Waals surface area contributed by atoms with Gasteiger partial charge >= 0.3 is 0 Å². The highest BCUT2D eigenvalue weighted by Gasteiger charge is 2.33. The standard InChI is InChI=1S/C18H28N2O4/c1-4-6-11-18(3,24-12-5-2)17(22)20-14-7-9-15(10-8-14)23-13-16(19)21/h7-10H,4-6,11-13H2,1-3H3,(H2,19,21)(H,20,22). The van der Waals surface area contributed by atoms with Gasteiger partial charge in [-0.15, -0.1) is 0 Å². The number of amides is 2. The van der Waals surface area contributed by atoms with E-state index in [9.17, 15) is 9.59 Å². The lowest BCUT2D eigenvalue weighted by atomic mass is 9.97. The van der Waals surface area contributed by atoms with Crippen molar-refractivity contribution in [1.29, 1.82) is 0 Å². The van der Waals surface area contributed by atoms with E-state index in [0.29, 0.717) is 24.5 Å². The quantitative estimate of drug-likeness (QED) is 0.650. The van der Waals surface area contributed by atoms with Gasteiger partial charge in [-0.2, -0.15) is 0 Å². The zero-order valence-electron chi connectivity index (χ0n) is 14.8. The predicted molar refractivity (Wildman–Crippen MR) is 93.9 cm³/mol. The molecule has 0 spiro atoms. The number of unbranched alkanes of at least 4 members (excludes halogenated alkanes) is 1. The Labute approximate surface area is 143 Å². The topological polar surface area (TPSA) is 90.7 Å². The normalized spacial score (nSPS) is 13.1. The maximum atomic E-state index is 12.6. The van der Waals surface area contributed by atoms with E-state index in [0.717, 1.165) is 19.3 Å². The van der Waals surface area contributed by atoms with Crippen LogP contribution >= 0.6 is 0 Å². The van der Waals surface area contributed by atoms with Crippen molar-refractivity contribution in [3.63, 3.8) is 0 Å². The molecule has 2 amide bonds. The van der Waals surface area contributed by atoms with Gasteiger partial charge in [-0.3, -0.25) is 9.59 Å². The molecule has 0 radical (unpaired) electrons. The fraction of sp³-hybridized carbons (Fsp3) is 0.556. The Hall–Kier alpha value is -2.08. The fourth-order valence-corrected chi connectivity index (χ4v) is 2.14. The summed E-state index contributed by atoms with van der Waals surface area (Å²) in [7, 11) is 0. The van der Waals surface area contributed by atoms with Crippen LogP contribution in [0.2, 0.25) is 0 Å². The number of hydrogen-bond acceptors (Lipinski definition) is 4. The van der Waals surface area contributed by atoms with Crippen LogP contribution in [0.15, 0.2) is 24.3 Å². The number of carbonyl (C=O) groups is 2. The van der Waals surface area contributed by atoms with Gasteiger partial charge in [0.1, 0.15) is 11.4 Å². The van der Waals surface area contributed by atoms with Gasteiger partial charge in [-0.25, -0.2) is 0 Å².